The summed E-state index contributed by atoms with van der Waals surface area (Å²) in [6, 6.07) is 4.03. The number of ether oxygens (including phenoxy) is 1. The van der Waals surface area contributed by atoms with Crippen molar-refractivity contribution in [3.63, 3.8) is 0 Å². The van der Waals surface area contributed by atoms with Crippen LogP contribution in [0.15, 0.2) is 23.0 Å². The largest absolute Gasteiger partial charge is 0.478 e. The molecular formula is C12H10N2O5. The number of carbonyl (C=O) groups is 2. The Labute approximate surface area is 106 Å². The van der Waals surface area contributed by atoms with Crippen LogP contribution in [0.5, 0.6) is 0 Å². The number of nitrogens with zero attached hydrogens (tertiary/aromatic N) is 1. The van der Waals surface area contributed by atoms with E-state index in [1.807, 2.05) is 0 Å². The highest BCUT2D eigenvalue weighted by Crippen LogP contribution is 2.11. The topological polar surface area (TPSA) is 109 Å². The number of aromatic nitrogens is 2. The van der Waals surface area contributed by atoms with Crippen LogP contribution in [0.1, 0.15) is 27.8 Å². The number of hydrogen-bond acceptors (Lipinski definition) is 5. The van der Waals surface area contributed by atoms with Crippen molar-refractivity contribution in [1.29, 1.82) is 0 Å². The van der Waals surface area contributed by atoms with E-state index in [1.54, 1.807) is 6.92 Å². The SMILES string of the molecule is CCOC(=O)c1nc2ccc(C(=O)O)cc2[nH]c1=O. The van der Waals surface area contributed by atoms with Crippen molar-refractivity contribution in [2.45, 2.75) is 6.92 Å². The first-order chi connectivity index (χ1) is 9.02. The molecule has 0 aliphatic heterocycles. The lowest BCUT2D eigenvalue weighted by atomic mass is 10.2. The van der Waals surface area contributed by atoms with Crippen LogP contribution >= 0.6 is 0 Å². The van der Waals surface area contributed by atoms with Gasteiger partial charge < -0.3 is 14.8 Å². The van der Waals surface area contributed by atoms with Crippen LogP contribution in [0.2, 0.25) is 0 Å². The van der Waals surface area contributed by atoms with E-state index in [0.717, 1.165) is 0 Å². The van der Waals surface area contributed by atoms with E-state index < -0.39 is 17.5 Å². The lowest BCUT2D eigenvalue weighted by Gasteiger charge is -2.03. The summed E-state index contributed by atoms with van der Waals surface area (Å²) in [5, 5.41) is 8.84. The molecule has 0 bridgehead atoms. The molecule has 0 spiro atoms. The van der Waals surface area contributed by atoms with E-state index >= 15 is 0 Å². The minimum atomic E-state index is -1.11. The van der Waals surface area contributed by atoms with Crippen LogP contribution in [0.25, 0.3) is 11.0 Å². The Morgan fingerprint density at radius 1 is 1.42 bits per heavy atom. The van der Waals surface area contributed by atoms with Crippen molar-refractivity contribution in [2.24, 2.45) is 0 Å². The van der Waals surface area contributed by atoms with E-state index in [1.165, 1.54) is 18.2 Å². The molecule has 0 saturated carbocycles. The normalized spacial score (nSPS) is 10.4. The molecule has 0 aliphatic carbocycles. The van der Waals surface area contributed by atoms with E-state index in [2.05, 4.69) is 9.97 Å². The lowest BCUT2D eigenvalue weighted by molar-refractivity contribution is 0.0517. The molecular weight excluding hydrogens is 252 g/mol. The molecule has 0 amide bonds. The predicted molar refractivity (Wildman–Crippen MR) is 65.3 cm³/mol. The summed E-state index contributed by atoms with van der Waals surface area (Å²) < 4.78 is 4.70. The molecule has 2 N–H and O–H groups in total. The van der Waals surface area contributed by atoms with Crippen LogP contribution in [0, 0.1) is 0 Å². The molecule has 0 atom stereocenters. The number of aromatic carboxylic acids is 1. The van der Waals surface area contributed by atoms with Gasteiger partial charge in [0, 0.05) is 0 Å². The van der Waals surface area contributed by atoms with Gasteiger partial charge in [-0.15, -0.1) is 0 Å². The van der Waals surface area contributed by atoms with Crippen LogP contribution in [-0.4, -0.2) is 33.6 Å². The summed E-state index contributed by atoms with van der Waals surface area (Å²) >= 11 is 0. The molecule has 1 heterocycles. The van der Waals surface area contributed by atoms with Gasteiger partial charge in [0.05, 0.1) is 23.2 Å². The first-order valence-corrected chi connectivity index (χ1v) is 5.47. The minimum absolute atomic E-state index is 0.0221. The highest BCUT2D eigenvalue weighted by atomic mass is 16.5. The lowest BCUT2D eigenvalue weighted by Crippen LogP contribution is -2.22. The van der Waals surface area contributed by atoms with Gasteiger partial charge in [0.15, 0.2) is 0 Å². The molecule has 0 saturated heterocycles. The number of esters is 1. The third-order valence-corrected chi connectivity index (χ3v) is 2.41. The smallest absolute Gasteiger partial charge is 0.362 e. The monoisotopic (exact) mass is 262 g/mol. The molecule has 7 heteroatoms. The second-order valence-corrected chi connectivity index (χ2v) is 3.67. The average molecular weight is 262 g/mol. The summed E-state index contributed by atoms with van der Waals surface area (Å²) in [7, 11) is 0. The predicted octanol–water partition coefficient (Wildman–Crippen LogP) is 0.798. The van der Waals surface area contributed by atoms with Crippen LogP contribution < -0.4 is 5.56 Å². The number of aromatic amines is 1. The number of carboxylic acids is 1. The summed E-state index contributed by atoms with van der Waals surface area (Å²) in [4.78, 5) is 40.2. The molecule has 7 nitrogen and oxygen atoms in total. The third-order valence-electron chi connectivity index (χ3n) is 2.41. The van der Waals surface area contributed by atoms with Gasteiger partial charge >= 0.3 is 11.9 Å². The van der Waals surface area contributed by atoms with E-state index in [0.29, 0.717) is 5.52 Å². The number of hydrogen-bond donors (Lipinski definition) is 2. The quantitative estimate of drug-likeness (QED) is 0.792. The zero-order valence-electron chi connectivity index (χ0n) is 9.97. The summed E-state index contributed by atoms with van der Waals surface area (Å²) in [6.45, 7) is 1.75. The van der Waals surface area contributed by atoms with E-state index in [9.17, 15) is 14.4 Å². The van der Waals surface area contributed by atoms with E-state index in [-0.39, 0.29) is 23.4 Å². The second kappa shape index (κ2) is 4.89. The van der Waals surface area contributed by atoms with E-state index in [4.69, 9.17) is 9.84 Å². The van der Waals surface area contributed by atoms with Crippen molar-refractivity contribution in [3.05, 3.63) is 39.8 Å². The maximum Gasteiger partial charge on any atom is 0.362 e. The minimum Gasteiger partial charge on any atom is -0.478 e. The Bertz CT molecular complexity index is 720. The number of fused-ring (bicyclic) bond motifs is 1. The number of H-pyrrole nitrogens is 1. The fourth-order valence-corrected chi connectivity index (χ4v) is 1.56. The molecule has 0 aliphatic rings. The molecule has 2 rings (SSSR count). The molecule has 0 unspecified atom stereocenters. The number of rotatable bonds is 3. The Hall–Kier alpha value is -2.70. The standard InChI is InChI=1S/C12H10N2O5/c1-2-19-12(18)9-10(15)14-8-5-6(11(16)17)3-4-7(8)13-9/h3-5H,2H2,1H3,(H,14,15)(H,16,17). The van der Waals surface area contributed by atoms with Gasteiger partial charge in [-0.2, -0.15) is 0 Å². The van der Waals surface area contributed by atoms with Crippen molar-refractivity contribution in [2.75, 3.05) is 6.61 Å². The van der Waals surface area contributed by atoms with Gasteiger partial charge in [0.25, 0.3) is 5.56 Å². The number of carboxylic acid groups (broad SMARTS) is 1. The highest BCUT2D eigenvalue weighted by Gasteiger charge is 2.15. The fourth-order valence-electron chi connectivity index (χ4n) is 1.56. The summed E-state index contributed by atoms with van der Waals surface area (Å²) in [6.07, 6.45) is 0. The average Bonchev–Trinajstić information content (AvgIpc) is 2.37. The van der Waals surface area contributed by atoms with Gasteiger partial charge in [-0.25, -0.2) is 14.6 Å². The van der Waals surface area contributed by atoms with Gasteiger partial charge in [-0.05, 0) is 25.1 Å². The second-order valence-electron chi connectivity index (χ2n) is 3.67. The maximum absolute atomic E-state index is 11.7. The van der Waals surface area contributed by atoms with Crippen molar-refractivity contribution >= 4 is 23.0 Å². The maximum atomic E-state index is 11.7. The van der Waals surface area contributed by atoms with Gasteiger partial charge in [-0.3, -0.25) is 4.79 Å². The summed E-state index contributed by atoms with van der Waals surface area (Å²) in [5.74, 6) is -1.93. The van der Waals surface area contributed by atoms with Crippen molar-refractivity contribution < 1.29 is 19.4 Å². The Morgan fingerprint density at radius 2 is 2.16 bits per heavy atom. The number of nitrogens with one attached hydrogen (secondary N) is 1. The molecule has 1 aromatic heterocycles. The fraction of sp³-hybridized carbons (Fsp3) is 0.167. The molecule has 0 fully saturated rings. The molecule has 0 radical (unpaired) electrons. The first kappa shape index (κ1) is 12.7. The van der Waals surface area contributed by atoms with Crippen molar-refractivity contribution in [1.82, 2.24) is 9.97 Å². The Kier molecular flexibility index (Phi) is 3.28. The Balaban J connectivity index is 2.58. The zero-order valence-corrected chi connectivity index (χ0v) is 9.97. The number of carbonyl (C=O) groups excluding carboxylic acids is 1. The third kappa shape index (κ3) is 2.44. The highest BCUT2D eigenvalue weighted by molar-refractivity contribution is 5.93. The van der Waals surface area contributed by atoms with Crippen LogP contribution in [0.4, 0.5) is 0 Å². The summed E-state index contributed by atoms with van der Waals surface area (Å²) in [5.41, 5.74) is -0.481. The van der Waals surface area contributed by atoms with Crippen molar-refractivity contribution in [3.8, 4) is 0 Å². The molecule has 1 aromatic carbocycles. The first-order valence-electron chi connectivity index (χ1n) is 5.47. The molecule has 19 heavy (non-hydrogen) atoms. The van der Waals surface area contributed by atoms with Gasteiger partial charge in [0.1, 0.15) is 0 Å². The Morgan fingerprint density at radius 3 is 2.79 bits per heavy atom. The van der Waals surface area contributed by atoms with Gasteiger partial charge in [0.2, 0.25) is 5.69 Å². The molecule has 2 aromatic rings. The zero-order chi connectivity index (χ0) is 14.0. The molecule has 98 valence electrons. The number of benzene rings is 1. The van der Waals surface area contributed by atoms with Gasteiger partial charge in [-0.1, -0.05) is 0 Å². The van der Waals surface area contributed by atoms with Crippen LogP contribution in [-0.2, 0) is 4.74 Å². The van der Waals surface area contributed by atoms with Crippen LogP contribution in [0.3, 0.4) is 0 Å².